The Kier molecular flexibility index (Phi) is 6.78. The van der Waals surface area contributed by atoms with E-state index in [-0.39, 0.29) is 0 Å². The molecule has 0 radical (unpaired) electrons. The van der Waals surface area contributed by atoms with Crippen LogP contribution in [0, 0.1) is 22.7 Å². The third-order valence-corrected chi connectivity index (χ3v) is 6.78. The van der Waals surface area contributed by atoms with Crippen LogP contribution in [0.25, 0.3) is 50.6 Å². The lowest BCUT2D eigenvalue weighted by Gasteiger charge is -2.12. The highest BCUT2D eigenvalue weighted by Gasteiger charge is 2.15. The zero-order chi connectivity index (χ0) is 27.3. The predicted molar refractivity (Wildman–Crippen MR) is 157 cm³/mol. The lowest BCUT2D eigenvalue weighted by Crippen LogP contribution is -2.03. The number of hydrogen-bond donors (Lipinski definition) is 0. The second-order valence-corrected chi connectivity index (χ2v) is 9.49. The Balaban J connectivity index is 1.44. The highest BCUT2D eigenvalue weighted by Crippen LogP contribution is 2.31. The maximum Gasteiger partial charge on any atom is 0.164 e. The second-order valence-electron chi connectivity index (χ2n) is 9.49. The van der Waals surface area contributed by atoms with Gasteiger partial charge < -0.3 is 0 Å². The van der Waals surface area contributed by atoms with Gasteiger partial charge in [0.05, 0.1) is 23.3 Å². The Hall–Kier alpha value is -5.65. The smallest absolute Gasteiger partial charge is 0.164 e. The molecule has 0 atom stereocenters. The van der Waals surface area contributed by atoms with Gasteiger partial charge in [-0.1, -0.05) is 85.0 Å². The molecule has 1 aliphatic carbocycles. The Labute approximate surface area is 233 Å². The van der Waals surface area contributed by atoms with Crippen LogP contribution in [0.1, 0.15) is 29.8 Å². The van der Waals surface area contributed by atoms with Gasteiger partial charge in [0, 0.05) is 16.7 Å². The van der Waals surface area contributed by atoms with Crippen LogP contribution < -0.4 is 0 Å². The van der Waals surface area contributed by atoms with Crippen molar-refractivity contribution in [2.75, 3.05) is 0 Å². The summed E-state index contributed by atoms with van der Waals surface area (Å²) in [4.78, 5) is 14.5. The zero-order valence-electron chi connectivity index (χ0n) is 21.6. The van der Waals surface area contributed by atoms with Crippen LogP contribution in [-0.4, -0.2) is 15.0 Å². The Morgan fingerprint density at radius 2 is 1.12 bits per heavy atom. The predicted octanol–water partition coefficient (Wildman–Crippen LogP) is 8.02. The minimum Gasteiger partial charge on any atom is -0.208 e. The molecule has 4 aromatic carbocycles. The van der Waals surface area contributed by atoms with E-state index in [0.29, 0.717) is 28.6 Å². The van der Waals surface area contributed by atoms with Crippen molar-refractivity contribution < 1.29 is 0 Å². The van der Waals surface area contributed by atoms with E-state index in [0.717, 1.165) is 51.8 Å². The van der Waals surface area contributed by atoms with Gasteiger partial charge in [0.2, 0.25) is 0 Å². The van der Waals surface area contributed by atoms with Crippen molar-refractivity contribution in [2.24, 2.45) is 0 Å². The number of nitriles is 2. The lowest BCUT2D eigenvalue weighted by molar-refractivity contribution is 1.01. The Morgan fingerprint density at radius 3 is 1.82 bits per heavy atom. The molecule has 5 aromatic rings. The van der Waals surface area contributed by atoms with Crippen LogP contribution >= 0.6 is 0 Å². The summed E-state index contributed by atoms with van der Waals surface area (Å²) in [5.41, 5.74) is 7.63. The fourth-order valence-electron chi connectivity index (χ4n) is 4.74. The summed E-state index contributed by atoms with van der Waals surface area (Å²) in [6.45, 7) is 0. The van der Waals surface area contributed by atoms with Crippen LogP contribution in [0.15, 0.2) is 115 Å². The maximum atomic E-state index is 9.87. The van der Waals surface area contributed by atoms with Gasteiger partial charge >= 0.3 is 0 Å². The fourth-order valence-corrected chi connectivity index (χ4v) is 4.74. The molecule has 1 aromatic heterocycles. The summed E-state index contributed by atoms with van der Waals surface area (Å²) in [5, 5.41) is 19.1. The summed E-state index contributed by atoms with van der Waals surface area (Å²) in [6.07, 6.45) is 8.29. The SMILES string of the molecule is N#Cc1cccc(-c2ccc(-c3cc(C#N)cc(-c4nc(C5=CCCC=C5)nc(-c5ccccc5)n4)c3)cc2)c1. The van der Waals surface area contributed by atoms with E-state index in [9.17, 15) is 10.5 Å². The first-order valence-electron chi connectivity index (χ1n) is 13.1. The van der Waals surface area contributed by atoms with E-state index in [1.54, 1.807) is 6.07 Å². The van der Waals surface area contributed by atoms with Crippen molar-refractivity contribution in [2.45, 2.75) is 12.8 Å². The first kappa shape index (κ1) is 24.7. The standard InChI is InChI=1S/C35H23N5/c36-22-24-8-7-13-30(18-24)26-14-16-27(17-15-26)31-19-25(23-37)20-32(21-31)35-39-33(28-9-3-1-4-10-28)38-34(40-35)29-11-5-2-6-12-29/h1,3-5,7-21H,2,6H2. The van der Waals surface area contributed by atoms with Crippen LogP contribution in [0.3, 0.4) is 0 Å². The minimum absolute atomic E-state index is 0.520. The van der Waals surface area contributed by atoms with Crippen molar-refractivity contribution in [3.63, 3.8) is 0 Å². The molecule has 1 heterocycles. The zero-order valence-corrected chi connectivity index (χ0v) is 21.6. The molecule has 5 heteroatoms. The molecule has 0 unspecified atom stereocenters. The average molecular weight is 514 g/mol. The van der Waals surface area contributed by atoms with E-state index in [1.807, 2.05) is 91.0 Å². The molecular formula is C35H23N5. The van der Waals surface area contributed by atoms with E-state index in [1.165, 1.54) is 0 Å². The molecule has 188 valence electrons. The number of allylic oxidation sites excluding steroid dienone is 4. The molecule has 6 rings (SSSR count). The first-order chi connectivity index (χ1) is 19.7. The van der Waals surface area contributed by atoms with Crippen molar-refractivity contribution in [3.05, 3.63) is 132 Å². The normalized spacial score (nSPS) is 12.3. The monoisotopic (exact) mass is 513 g/mol. The summed E-state index contributed by atoms with van der Waals surface area (Å²) >= 11 is 0. The first-order valence-corrected chi connectivity index (χ1v) is 13.1. The molecule has 0 aliphatic heterocycles. The lowest BCUT2D eigenvalue weighted by atomic mass is 9.97. The molecule has 0 fully saturated rings. The molecule has 0 spiro atoms. The van der Waals surface area contributed by atoms with Gasteiger partial charge in [0.25, 0.3) is 0 Å². The minimum atomic E-state index is 0.520. The molecule has 1 aliphatic rings. The van der Waals surface area contributed by atoms with Gasteiger partial charge in [-0.3, -0.25) is 0 Å². The molecule has 40 heavy (non-hydrogen) atoms. The molecular weight excluding hydrogens is 490 g/mol. The molecule has 5 nitrogen and oxygen atoms in total. The third kappa shape index (κ3) is 5.18. The van der Waals surface area contributed by atoms with Crippen molar-refractivity contribution in [1.29, 1.82) is 10.5 Å². The number of rotatable bonds is 5. The number of hydrogen-bond acceptors (Lipinski definition) is 5. The summed E-state index contributed by atoms with van der Waals surface area (Å²) in [7, 11) is 0. The van der Waals surface area contributed by atoms with Gasteiger partial charge in [0.1, 0.15) is 0 Å². The topological polar surface area (TPSA) is 86.2 Å². The van der Waals surface area contributed by atoms with Gasteiger partial charge in [-0.25, -0.2) is 15.0 Å². The summed E-state index contributed by atoms with van der Waals surface area (Å²) < 4.78 is 0. The number of benzene rings is 4. The van der Waals surface area contributed by atoms with E-state index >= 15 is 0 Å². The van der Waals surface area contributed by atoms with Crippen molar-refractivity contribution in [3.8, 4) is 57.2 Å². The van der Waals surface area contributed by atoms with Crippen LogP contribution in [-0.2, 0) is 0 Å². The summed E-state index contributed by atoms with van der Waals surface area (Å²) in [6, 6.07) is 35.7. The Bertz CT molecular complexity index is 1850. The van der Waals surface area contributed by atoms with E-state index < -0.39 is 0 Å². The van der Waals surface area contributed by atoms with Gasteiger partial charge in [-0.05, 0) is 65.4 Å². The largest absolute Gasteiger partial charge is 0.208 e. The fraction of sp³-hybridized carbons (Fsp3) is 0.0571. The van der Waals surface area contributed by atoms with Gasteiger partial charge in [-0.15, -0.1) is 0 Å². The molecule has 0 N–H and O–H groups in total. The van der Waals surface area contributed by atoms with Gasteiger partial charge in [0.15, 0.2) is 17.5 Å². The van der Waals surface area contributed by atoms with Crippen LogP contribution in [0.4, 0.5) is 0 Å². The number of aromatic nitrogens is 3. The molecule has 0 amide bonds. The molecule has 0 bridgehead atoms. The quantitative estimate of drug-likeness (QED) is 0.237. The van der Waals surface area contributed by atoms with E-state index in [2.05, 4.69) is 30.4 Å². The summed E-state index contributed by atoms with van der Waals surface area (Å²) in [5.74, 6) is 1.73. The molecule has 0 saturated carbocycles. The average Bonchev–Trinajstić information content (AvgIpc) is 3.05. The highest BCUT2D eigenvalue weighted by atomic mass is 15.0. The highest BCUT2D eigenvalue weighted by molar-refractivity contribution is 5.77. The number of nitrogens with zero attached hydrogens (tertiary/aromatic N) is 5. The molecule has 0 saturated heterocycles. The van der Waals surface area contributed by atoms with Crippen molar-refractivity contribution >= 4 is 5.57 Å². The van der Waals surface area contributed by atoms with E-state index in [4.69, 9.17) is 15.0 Å². The maximum absolute atomic E-state index is 9.87. The third-order valence-electron chi connectivity index (χ3n) is 6.78. The second kappa shape index (κ2) is 11.0. The Morgan fingerprint density at radius 1 is 0.500 bits per heavy atom. The van der Waals surface area contributed by atoms with Crippen molar-refractivity contribution in [1.82, 2.24) is 15.0 Å². The van der Waals surface area contributed by atoms with Crippen LogP contribution in [0.5, 0.6) is 0 Å². The van der Waals surface area contributed by atoms with Crippen LogP contribution in [0.2, 0.25) is 0 Å². The van der Waals surface area contributed by atoms with Gasteiger partial charge in [-0.2, -0.15) is 10.5 Å².